The van der Waals surface area contributed by atoms with E-state index >= 15 is 0 Å². The molecule has 0 atom stereocenters. The molecule has 1 N–H and O–H groups in total. The summed E-state index contributed by atoms with van der Waals surface area (Å²) in [6.45, 7) is 7.17. The minimum atomic E-state index is -0.0909. The minimum Gasteiger partial charge on any atom is -0.493 e. The summed E-state index contributed by atoms with van der Waals surface area (Å²) in [6.07, 6.45) is 3.32. The molecule has 1 aliphatic rings. The highest BCUT2D eigenvalue weighted by Gasteiger charge is 2.20. The SMILES string of the molecule is CCN1CCN(c2nc(Nc3ccc(C(=O)/C=C/c4ccc(OC)c(OC)c4)cc3)nc3ccccc23)CC1. The van der Waals surface area contributed by atoms with Crippen molar-refractivity contribution in [1.29, 1.82) is 0 Å². The Morgan fingerprint density at radius 3 is 2.38 bits per heavy atom. The molecule has 3 aromatic carbocycles. The van der Waals surface area contributed by atoms with Crippen LogP contribution in [0.15, 0.2) is 72.8 Å². The van der Waals surface area contributed by atoms with Crippen molar-refractivity contribution >= 4 is 40.2 Å². The van der Waals surface area contributed by atoms with Crippen molar-refractivity contribution in [3.8, 4) is 11.5 Å². The van der Waals surface area contributed by atoms with Gasteiger partial charge < -0.3 is 24.6 Å². The number of nitrogens with zero attached hydrogens (tertiary/aromatic N) is 4. The standard InChI is InChI=1S/C31H33N5O3/c1-4-35-17-19-36(20-18-35)30-25-7-5-6-8-26(25)33-31(34-30)32-24-13-11-23(12-14-24)27(37)15-9-22-10-16-28(38-2)29(21-22)39-3/h5-16,21H,4,17-20H2,1-3H3,(H,32,33,34)/b15-9+. The second-order valence-corrected chi connectivity index (χ2v) is 9.32. The van der Waals surface area contributed by atoms with Gasteiger partial charge in [0.25, 0.3) is 0 Å². The van der Waals surface area contributed by atoms with E-state index in [1.165, 1.54) is 0 Å². The van der Waals surface area contributed by atoms with Crippen molar-refractivity contribution in [2.75, 3.05) is 57.2 Å². The maximum absolute atomic E-state index is 12.8. The maximum Gasteiger partial charge on any atom is 0.229 e. The molecule has 5 rings (SSSR count). The van der Waals surface area contributed by atoms with Gasteiger partial charge in [-0.05, 0) is 66.7 Å². The van der Waals surface area contributed by atoms with Gasteiger partial charge in [-0.3, -0.25) is 4.79 Å². The zero-order chi connectivity index (χ0) is 27.2. The van der Waals surface area contributed by atoms with Gasteiger partial charge in [0.05, 0.1) is 19.7 Å². The van der Waals surface area contributed by atoms with Crippen molar-refractivity contribution < 1.29 is 14.3 Å². The van der Waals surface area contributed by atoms with Crippen LogP contribution in [-0.4, -0.2) is 67.6 Å². The first-order chi connectivity index (χ1) is 19.1. The van der Waals surface area contributed by atoms with E-state index in [0.29, 0.717) is 23.0 Å². The zero-order valence-electron chi connectivity index (χ0n) is 22.6. The first-order valence-electron chi connectivity index (χ1n) is 13.1. The van der Waals surface area contributed by atoms with Gasteiger partial charge in [0, 0.05) is 42.8 Å². The molecule has 0 aliphatic carbocycles. The fourth-order valence-corrected chi connectivity index (χ4v) is 4.70. The Hall–Kier alpha value is -4.43. The summed E-state index contributed by atoms with van der Waals surface area (Å²) < 4.78 is 10.6. The third-order valence-corrected chi connectivity index (χ3v) is 6.96. The zero-order valence-corrected chi connectivity index (χ0v) is 22.6. The molecule has 0 bridgehead atoms. The number of nitrogens with one attached hydrogen (secondary N) is 1. The summed E-state index contributed by atoms with van der Waals surface area (Å²) in [6, 6.07) is 21.0. The third kappa shape index (κ3) is 6.02. The summed E-state index contributed by atoms with van der Waals surface area (Å²) in [5.74, 6) is 2.65. The number of allylic oxidation sites excluding steroid dienone is 1. The van der Waals surface area contributed by atoms with Crippen LogP contribution in [0.25, 0.3) is 17.0 Å². The van der Waals surface area contributed by atoms with Crippen LogP contribution in [0.5, 0.6) is 11.5 Å². The summed E-state index contributed by atoms with van der Waals surface area (Å²) in [4.78, 5) is 27.2. The smallest absolute Gasteiger partial charge is 0.229 e. The predicted octanol–water partition coefficient (Wildman–Crippen LogP) is 5.43. The number of ketones is 1. The topological polar surface area (TPSA) is 79.8 Å². The normalized spacial score (nSPS) is 14.1. The maximum atomic E-state index is 12.8. The number of likely N-dealkylation sites (N-methyl/N-ethyl adjacent to an activating group) is 1. The van der Waals surface area contributed by atoms with Crippen LogP contribution in [0, 0.1) is 0 Å². The molecule has 0 radical (unpaired) electrons. The number of hydrogen-bond acceptors (Lipinski definition) is 8. The molecule has 39 heavy (non-hydrogen) atoms. The number of carbonyl (C=O) groups excluding carboxylic acids is 1. The average Bonchev–Trinajstić information content (AvgIpc) is 2.99. The van der Waals surface area contributed by atoms with Crippen molar-refractivity contribution in [3.05, 3.63) is 83.9 Å². The molecule has 1 aliphatic heterocycles. The van der Waals surface area contributed by atoms with Crippen molar-refractivity contribution in [1.82, 2.24) is 14.9 Å². The monoisotopic (exact) mass is 523 g/mol. The third-order valence-electron chi connectivity index (χ3n) is 6.96. The predicted molar refractivity (Wildman–Crippen MR) is 157 cm³/mol. The highest BCUT2D eigenvalue weighted by Crippen LogP contribution is 2.29. The van der Waals surface area contributed by atoms with Gasteiger partial charge in [0.2, 0.25) is 5.95 Å². The molecule has 1 saturated heterocycles. The quantitative estimate of drug-likeness (QED) is 0.230. The minimum absolute atomic E-state index is 0.0909. The molecule has 2 heterocycles. The Labute approximate surface area is 228 Å². The molecule has 200 valence electrons. The Morgan fingerprint density at radius 1 is 0.923 bits per heavy atom. The molecule has 0 saturated carbocycles. The Balaban J connectivity index is 1.31. The number of carbonyl (C=O) groups is 1. The number of hydrogen-bond donors (Lipinski definition) is 1. The lowest BCUT2D eigenvalue weighted by atomic mass is 10.1. The number of piperazine rings is 1. The van der Waals surface area contributed by atoms with Crippen LogP contribution < -0.4 is 19.7 Å². The van der Waals surface area contributed by atoms with Gasteiger partial charge in [-0.15, -0.1) is 0 Å². The fourth-order valence-electron chi connectivity index (χ4n) is 4.70. The van der Waals surface area contributed by atoms with Crippen LogP contribution in [0.3, 0.4) is 0 Å². The van der Waals surface area contributed by atoms with E-state index in [1.807, 2.05) is 48.5 Å². The molecular weight excluding hydrogens is 490 g/mol. The lowest BCUT2D eigenvalue weighted by molar-refractivity contribution is 0.104. The van der Waals surface area contributed by atoms with E-state index in [0.717, 1.165) is 60.7 Å². The number of para-hydroxylation sites is 1. The largest absolute Gasteiger partial charge is 0.493 e. The van der Waals surface area contributed by atoms with Crippen LogP contribution in [-0.2, 0) is 0 Å². The van der Waals surface area contributed by atoms with E-state index in [9.17, 15) is 4.79 Å². The van der Waals surface area contributed by atoms with Gasteiger partial charge >= 0.3 is 0 Å². The molecule has 1 fully saturated rings. The first-order valence-corrected chi connectivity index (χ1v) is 13.1. The second-order valence-electron chi connectivity index (χ2n) is 9.32. The second kappa shape index (κ2) is 12.0. The average molecular weight is 524 g/mol. The van der Waals surface area contributed by atoms with E-state index < -0.39 is 0 Å². The van der Waals surface area contributed by atoms with Crippen molar-refractivity contribution in [2.45, 2.75) is 6.92 Å². The highest BCUT2D eigenvalue weighted by molar-refractivity contribution is 6.07. The van der Waals surface area contributed by atoms with Crippen LogP contribution in [0.2, 0.25) is 0 Å². The summed E-state index contributed by atoms with van der Waals surface area (Å²) in [5, 5.41) is 4.38. The molecular formula is C31H33N5O3. The van der Waals surface area contributed by atoms with Gasteiger partial charge in [-0.1, -0.05) is 31.2 Å². The van der Waals surface area contributed by atoms with Crippen LogP contribution in [0.1, 0.15) is 22.8 Å². The lowest BCUT2D eigenvalue weighted by Crippen LogP contribution is -2.46. The van der Waals surface area contributed by atoms with E-state index in [2.05, 4.69) is 28.1 Å². The van der Waals surface area contributed by atoms with Gasteiger partial charge in [-0.25, -0.2) is 4.98 Å². The molecule has 1 aromatic heterocycles. The highest BCUT2D eigenvalue weighted by atomic mass is 16.5. The lowest BCUT2D eigenvalue weighted by Gasteiger charge is -2.35. The molecule has 0 unspecified atom stereocenters. The number of rotatable bonds is 9. The number of benzene rings is 3. The van der Waals surface area contributed by atoms with E-state index in [-0.39, 0.29) is 5.78 Å². The Bertz CT molecular complexity index is 1480. The number of aromatic nitrogens is 2. The van der Waals surface area contributed by atoms with E-state index in [1.54, 1.807) is 38.5 Å². The van der Waals surface area contributed by atoms with Gasteiger partial charge in [0.15, 0.2) is 17.3 Å². The van der Waals surface area contributed by atoms with Gasteiger partial charge in [-0.2, -0.15) is 4.98 Å². The molecule has 0 amide bonds. The van der Waals surface area contributed by atoms with Crippen LogP contribution in [0.4, 0.5) is 17.5 Å². The summed E-state index contributed by atoms with van der Waals surface area (Å²) in [7, 11) is 3.18. The number of ether oxygens (including phenoxy) is 2. The Morgan fingerprint density at radius 2 is 1.67 bits per heavy atom. The fraction of sp³-hybridized carbons (Fsp3) is 0.258. The number of anilines is 3. The summed E-state index contributed by atoms with van der Waals surface area (Å²) >= 11 is 0. The van der Waals surface area contributed by atoms with Crippen molar-refractivity contribution in [2.24, 2.45) is 0 Å². The van der Waals surface area contributed by atoms with Crippen molar-refractivity contribution in [3.63, 3.8) is 0 Å². The summed E-state index contributed by atoms with van der Waals surface area (Å²) in [5.41, 5.74) is 3.15. The number of fused-ring (bicyclic) bond motifs is 1. The molecule has 0 spiro atoms. The van der Waals surface area contributed by atoms with E-state index in [4.69, 9.17) is 19.4 Å². The van der Waals surface area contributed by atoms with Gasteiger partial charge in [0.1, 0.15) is 5.82 Å². The number of methoxy groups -OCH3 is 2. The molecule has 8 heteroatoms. The first kappa shape index (κ1) is 26.2. The molecule has 8 nitrogen and oxygen atoms in total. The molecule has 4 aromatic rings. The van der Waals surface area contributed by atoms with Crippen LogP contribution >= 0.6 is 0 Å². The Kier molecular flexibility index (Phi) is 8.03.